The summed E-state index contributed by atoms with van der Waals surface area (Å²) in [6.45, 7) is 1.16. The van der Waals surface area contributed by atoms with Crippen LogP contribution in [0.15, 0.2) is 47.1 Å². The molecule has 160 valence electrons. The summed E-state index contributed by atoms with van der Waals surface area (Å²) < 4.78 is 14.6. The van der Waals surface area contributed by atoms with Gasteiger partial charge in [-0.1, -0.05) is 24.3 Å². The summed E-state index contributed by atoms with van der Waals surface area (Å²) in [4.78, 5) is 40.8. The van der Waals surface area contributed by atoms with Crippen molar-refractivity contribution < 1.29 is 18.8 Å². The van der Waals surface area contributed by atoms with Gasteiger partial charge in [0.15, 0.2) is 0 Å². The maximum absolute atomic E-state index is 14.6. The Morgan fingerprint density at radius 1 is 1.29 bits per heavy atom. The second-order valence-corrected chi connectivity index (χ2v) is 8.44. The molecule has 2 atom stereocenters. The van der Waals surface area contributed by atoms with Gasteiger partial charge in [0.1, 0.15) is 12.4 Å². The van der Waals surface area contributed by atoms with Gasteiger partial charge in [0.25, 0.3) is 11.8 Å². The minimum Gasteiger partial charge on any atom is -0.336 e. The predicted octanol–water partition coefficient (Wildman–Crippen LogP) is 1.80. The highest BCUT2D eigenvalue weighted by Crippen LogP contribution is 2.28. The lowest BCUT2D eigenvalue weighted by atomic mass is 9.83. The Labute approximate surface area is 179 Å². The summed E-state index contributed by atoms with van der Waals surface area (Å²) in [6, 6.07) is 4.49. The number of fused-ring (bicyclic) bond motifs is 2. The lowest BCUT2D eigenvalue weighted by molar-refractivity contribution is -0.136. The minimum absolute atomic E-state index is 0.0136. The molecule has 2 fully saturated rings. The van der Waals surface area contributed by atoms with Gasteiger partial charge in [-0.15, -0.1) is 0 Å². The molecule has 0 saturated carbocycles. The molecule has 1 aromatic rings. The zero-order chi connectivity index (χ0) is 21.5. The van der Waals surface area contributed by atoms with Crippen molar-refractivity contribution >= 4 is 23.4 Å². The van der Waals surface area contributed by atoms with Crippen LogP contribution in [-0.2, 0) is 16.0 Å². The molecular formula is C23H23FN4O3. The van der Waals surface area contributed by atoms with Gasteiger partial charge in [-0.25, -0.2) is 9.82 Å². The standard InChI is InChI=1S/C23H23FN4O3/c24-19-8-7-14(11-20-16-5-1-2-6-17(16)22(30)26-25-20)10-18(19)23(31)27-12-15-4-3-9-28(15)21(29)13-27/h1-2,6-8,10,15-16H,3-5,9,11-13H2,(H,26,30)/t15-,16?/m1/s1. The van der Waals surface area contributed by atoms with Gasteiger partial charge in [-0.2, -0.15) is 5.10 Å². The number of hydrazone groups is 1. The average molecular weight is 422 g/mol. The second kappa shape index (κ2) is 7.76. The van der Waals surface area contributed by atoms with E-state index >= 15 is 0 Å². The van der Waals surface area contributed by atoms with Gasteiger partial charge in [0.2, 0.25) is 5.91 Å². The van der Waals surface area contributed by atoms with Crippen LogP contribution < -0.4 is 5.43 Å². The van der Waals surface area contributed by atoms with Gasteiger partial charge >= 0.3 is 0 Å². The Morgan fingerprint density at radius 3 is 3.03 bits per heavy atom. The molecule has 4 aliphatic rings. The maximum Gasteiger partial charge on any atom is 0.267 e. The number of allylic oxidation sites excluding steroid dienone is 3. The van der Waals surface area contributed by atoms with Crippen LogP contribution in [-0.4, -0.2) is 58.9 Å². The van der Waals surface area contributed by atoms with E-state index in [4.69, 9.17) is 0 Å². The van der Waals surface area contributed by atoms with Gasteiger partial charge in [0, 0.05) is 37.0 Å². The SMILES string of the molecule is O=C1NN=C(Cc2ccc(F)c(C(=O)N3CC(=O)N4CCC[C@@H]4C3)c2)C2CC=CC=C12. The molecule has 0 bridgehead atoms. The van der Waals surface area contributed by atoms with E-state index in [-0.39, 0.29) is 35.9 Å². The zero-order valence-electron chi connectivity index (χ0n) is 17.0. The zero-order valence-corrected chi connectivity index (χ0v) is 17.0. The van der Waals surface area contributed by atoms with Crippen LogP contribution in [0.25, 0.3) is 0 Å². The number of nitrogens with one attached hydrogen (secondary N) is 1. The van der Waals surface area contributed by atoms with Crippen molar-refractivity contribution in [2.24, 2.45) is 11.0 Å². The highest BCUT2D eigenvalue weighted by atomic mass is 19.1. The topological polar surface area (TPSA) is 82.1 Å². The largest absolute Gasteiger partial charge is 0.336 e. The predicted molar refractivity (Wildman–Crippen MR) is 112 cm³/mol. The molecule has 3 amide bonds. The molecule has 0 spiro atoms. The third-order valence-corrected chi connectivity index (χ3v) is 6.51. The first-order valence-corrected chi connectivity index (χ1v) is 10.6. The first kappa shape index (κ1) is 19.7. The second-order valence-electron chi connectivity index (χ2n) is 8.44. The van der Waals surface area contributed by atoms with Crippen LogP contribution in [0, 0.1) is 11.7 Å². The molecule has 1 aliphatic carbocycles. The van der Waals surface area contributed by atoms with Gasteiger partial charge in [-0.05, 0) is 37.0 Å². The average Bonchev–Trinajstić information content (AvgIpc) is 3.26. The number of hydrogen-bond acceptors (Lipinski definition) is 4. The van der Waals surface area contributed by atoms with Gasteiger partial charge in [-0.3, -0.25) is 14.4 Å². The number of halogens is 1. The van der Waals surface area contributed by atoms with Gasteiger partial charge < -0.3 is 9.80 Å². The fourth-order valence-electron chi connectivity index (χ4n) is 4.91. The number of amides is 3. The number of carbonyl (C=O) groups excluding carboxylic acids is 3. The Bertz CT molecular complexity index is 1060. The smallest absolute Gasteiger partial charge is 0.267 e. The van der Waals surface area contributed by atoms with E-state index in [1.54, 1.807) is 18.2 Å². The highest BCUT2D eigenvalue weighted by molar-refractivity contribution is 6.07. The molecule has 1 N–H and O–H groups in total. The molecule has 3 heterocycles. The van der Waals surface area contributed by atoms with Crippen molar-refractivity contribution in [3.63, 3.8) is 0 Å². The van der Waals surface area contributed by atoms with Crippen molar-refractivity contribution in [2.75, 3.05) is 19.6 Å². The van der Waals surface area contributed by atoms with E-state index in [0.717, 1.165) is 30.7 Å². The quantitative estimate of drug-likeness (QED) is 0.807. The molecule has 7 nitrogen and oxygen atoms in total. The summed E-state index contributed by atoms with van der Waals surface area (Å²) in [7, 11) is 0. The first-order chi connectivity index (χ1) is 15.0. The summed E-state index contributed by atoms with van der Waals surface area (Å²) in [6.07, 6.45) is 8.52. The van der Waals surface area contributed by atoms with Crippen LogP contribution in [0.1, 0.15) is 35.2 Å². The van der Waals surface area contributed by atoms with E-state index in [0.29, 0.717) is 25.0 Å². The summed E-state index contributed by atoms with van der Waals surface area (Å²) in [5.74, 6) is -1.45. The third-order valence-electron chi connectivity index (χ3n) is 6.51. The Hall–Kier alpha value is -3.29. The van der Waals surface area contributed by atoms with Gasteiger partial charge in [0.05, 0.1) is 11.3 Å². The molecule has 1 aromatic carbocycles. The molecule has 0 radical (unpaired) electrons. The molecule has 0 aromatic heterocycles. The van der Waals surface area contributed by atoms with E-state index in [2.05, 4.69) is 10.5 Å². The normalized spacial score (nSPS) is 24.9. The molecule has 3 aliphatic heterocycles. The van der Waals surface area contributed by atoms with Crippen LogP contribution in [0.4, 0.5) is 4.39 Å². The molecule has 5 rings (SSSR count). The van der Waals surface area contributed by atoms with E-state index in [1.165, 1.54) is 11.0 Å². The highest BCUT2D eigenvalue weighted by Gasteiger charge is 2.38. The van der Waals surface area contributed by atoms with Crippen molar-refractivity contribution in [3.05, 3.63) is 58.9 Å². The lowest BCUT2D eigenvalue weighted by Gasteiger charge is -2.37. The molecule has 2 saturated heterocycles. The number of carbonyl (C=O) groups is 3. The third kappa shape index (κ3) is 3.56. The van der Waals surface area contributed by atoms with Crippen molar-refractivity contribution in [2.45, 2.75) is 31.7 Å². The van der Waals surface area contributed by atoms with Crippen LogP contribution in [0.2, 0.25) is 0 Å². The number of nitrogens with zero attached hydrogens (tertiary/aromatic N) is 3. The number of rotatable bonds is 3. The number of benzene rings is 1. The maximum atomic E-state index is 14.6. The van der Waals surface area contributed by atoms with Crippen molar-refractivity contribution in [1.82, 2.24) is 15.2 Å². The number of hydrogen-bond donors (Lipinski definition) is 1. The molecular weight excluding hydrogens is 399 g/mol. The Morgan fingerprint density at radius 2 is 2.16 bits per heavy atom. The first-order valence-electron chi connectivity index (χ1n) is 10.6. The monoisotopic (exact) mass is 422 g/mol. The van der Waals surface area contributed by atoms with E-state index in [9.17, 15) is 18.8 Å². The summed E-state index contributed by atoms with van der Waals surface area (Å²) >= 11 is 0. The Kier molecular flexibility index (Phi) is 4.92. The van der Waals surface area contributed by atoms with Crippen LogP contribution in [0.5, 0.6) is 0 Å². The molecule has 8 heteroatoms. The fraction of sp³-hybridized carbons (Fsp3) is 0.391. The lowest BCUT2D eigenvalue weighted by Crippen LogP contribution is -2.55. The van der Waals surface area contributed by atoms with E-state index < -0.39 is 11.7 Å². The number of piperazine rings is 1. The Balaban J connectivity index is 1.37. The summed E-state index contributed by atoms with van der Waals surface area (Å²) in [5, 5.41) is 4.23. The summed E-state index contributed by atoms with van der Waals surface area (Å²) in [5.41, 5.74) is 4.68. The minimum atomic E-state index is -0.602. The van der Waals surface area contributed by atoms with Crippen LogP contribution >= 0.6 is 0 Å². The van der Waals surface area contributed by atoms with Crippen molar-refractivity contribution in [1.29, 1.82) is 0 Å². The molecule has 1 unspecified atom stereocenters. The van der Waals surface area contributed by atoms with E-state index in [1.807, 2.05) is 17.1 Å². The van der Waals surface area contributed by atoms with Crippen LogP contribution in [0.3, 0.4) is 0 Å². The molecule has 31 heavy (non-hydrogen) atoms. The van der Waals surface area contributed by atoms with Crippen molar-refractivity contribution in [3.8, 4) is 0 Å². The fourth-order valence-corrected chi connectivity index (χ4v) is 4.91.